The molecule has 7 nitrogen and oxygen atoms in total. The fraction of sp³-hybridized carbons (Fsp3) is 0.688. The van der Waals surface area contributed by atoms with E-state index in [1.807, 2.05) is 0 Å². The zero-order valence-corrected chi connectivity index (χ0v) is 15.7. The lowest BCUT2D eigenvalue weighted by Crippen LogP contribution is -2.35. The zero-order chi connectivity index (χ0) is 18.1. The summed E-state index contributed by atoms with van der Waals surface area (Å²) in [6.07, 6.45) is 0.230. The number of rotatable bonds is 3. The maximum atomic E-state index is 12.5. The fourth-order valence-corrected chi connectivity index (χ4v) is 4.29. The van der Waals surface area contributed by atoms with Gasteiger partial charge in [0.2, 0.25) is 15.0 Å². The van der Waals surface area contributed by atoms with Crippen molar-refractivity contribution in [2.75, 3.05) is 18.8 Å². The normalized spacial score (nSPS) is 18.7. The van der Waals surface area contributed by atoms with Gasteiger partial charge in [-0.1, -0.05) is 0 Å². The van der Waals surface area contributed by atoms with Crippen molar-refractivity contribution in [1.29, 1.82) is 0 Å². The van der Waals surface area contributed by atoms with Gasteiger partial charge in [0, 0.05) is 24.5 Å². The summed E-state index contributed by atoms with van der Waals surface area (Å²) in [4.78, 5) is 21.7. The average molecular weight is 355 g/mol. The van der Waals surface area contributed by atoms with E-state index in [0.29, 0.717) is 30.9 Å². The number of carbonyl (C=O) groups excluding carboxylic acids is 1. The van der Waals surface area contributed by atoms with Crippen molar-refractivity contribution in [1.82, 2.24) is 14.9 Å². The second kappa shape index (κ2) is 6.66. The number of likely N-dealkylation sites (tertiary alicyclic amines) is 1. The molecule has 0 N–H and O–H groups in total. The molecule has 1 aromatic heterocycles. The molecule has 1 atom stereocenters. The zero-order valence-electron chi connectivity index (χ0n) is 14.9. The smallest absolute Gasteiger partial charge is 0.410 e. The van der Waals surface area contributed by atoms with Crippen molar-refractivity contribution in [2.45, 2.75) is 51.8 Å². The number of ether oxygens (including phenoxy) is 1. The molecule has 1 aliphatic rings. The van der Waals surface area contributed by atoms with Gasteiger partial charge in [-0.2, -0.15) is 0 Å². The quantitative estimate of drug-likeness (QED) is 0.772. The number of hydrogen-bond donors (Lipinski definition) is 0. The molecule has 1 saturated heterocycles. The molecule has 1 fully saturated rings. The molecule has 0 aromatic carbocycles. The van der Waals surface area contributed by atoms with Crippen LogP contribution in [0, 0.1) is 19.8 Å². The van der Waals surface area contributed by atoms with E-state index in [-0.39, 0.29) is 16.8 Å². The molecule has 0 spiro atoms. The molecule has 1 aliphatic heterocycles. The van der Waals surface area contributed by atoms with Crippen LogP contribution in [0.4, 0.5) is 4.79 Å². The Kier molecular flexibility index (Phi) is 5.17. The van der Waals surface area contributed by atoms with Gasteiger partial charge < -0.3 is 9.64 Å². The Labute approximate surface area is 143 Å². The molecule has 2 heterocycles. The van der Waals surface area contributed by atoms with Crippen LogP contribution in [0.3, 0.4) is 0 Å². The Hall–Kier alpha value is -1.70. The Bertz CT molecular complexity index is 705. The van der Waals surface area contributed by atoms with Crippen molar-refractivity contribution < 1.29 is 17.9 Å². The topological polar surface area (TPSA) is 89.5 Å². The minimum Gasteiger partial charge on any atom is -0.444 e. The lowest BCUT2D eigenvalue weighted by atomic mass is 10.2. The van der Waals surface area contributed by atoms with Crippen LogP contribution in [0.15, 0.2) is 11.2 Å². The third-order valence-corrected chi connectivity index (χ3v) is 5.28. The maximum absolute atomic E-state index is 12.5. The van der Waals surface area contributed by atoms with Gasteiger partial charge in [0.05, 0.1) is 5.75 Å². The minimum absolute atomic E-state index is 0.0603. The number of carbonyl (C=O) groups is 1. The monoisotopic (exact) mass is 355 g/mol. The van der Waals surface area contributed by atoms with Crippen molar-refractivity contribution >= 4 is 15.9 Å². The summed E-state index contributed by atoms with van der Waals surface area (Å²) in [5.74, 6) is -0.193. The summed E-state index contributed by atoms with van der Waals surface area (Å²) in [5, 5.41) is -0.129. The highest BCUT2D eigenvalue weighted by molar-refractivity contribution is 7.91. The van der Waals surface area contributed by atoms with E-state index in [4.69, 9.17) is 4.74 Å². The largest absolute Gasteiger partial charge is 0.444 e. The summed E-state index contributed by atoms with van der Waals surface area (Å²) in [6, 6.07) is 1.73. The van der Waals surface area contributed by atoms with Gasteiger partial charge in [-0.3, -0.25) is 0 Å². The molecule has 0 radical (unpaired) electrons. The highest BCUT2D eigenvalue weighted by Gasteiger charge is 2.33. The van der Waals surface area contributed by atoms with Gasteiger partial charge in [0.1, 0.15) is 5.60 Å². The molecule has 0 bridgehead atoms. The number of amides is 1. The van der Waals surface area contributed by atoms with Gasteiger partial charge in [-0.05, 0) is 53.0 Å². The van der Waals surface area contributed by atoms with E-state index >= 15 is 0 Å². The highest BCUT2D eigenvalue weighted by atomic mass is 32.2. The number of aromatic nitrogens is 2. The molecule has 134 valence electrons. The van der Waals surface area contributed by atoms with Gasteiger partial charge in [-0.15, -0.1) is 0 Å². The van der Waals surface area contributed by atoms with Crippen LogP contribution in [0.1, 0.15) is 38.6 Å². The van der Waals surface area contributed by atoms with E-state index in [0.717, 1.165) is 0 Å². The standard InChI is InChI=1S/C16H25N3O4S/c1-11-8-12(2)18-14(17-11)24(21,22)10-13-6-7-19(9-13)15(20)23-16(3,4)5/h8,13H,6-7,9-10H2,1-5H3/t13-/m1/s1. The summed E-state index contributed by atoms with van der Waals surface area (Å²) in [6.45, 7) is 9.78. The molecule has 0 aliphatic carbocycles. The van der Waals surface area contributed by atoms with Crippen molar-refractivity contribution in [3.05, 3.63) is 17.5 Å². The van der Waals surface area contributed by atoms with Crippen LogP contribution in [0.25, 0.3) is 0 Å². The van der Waals surface area contributed by atoms with Crippen molar-refractivity contribution in [3.8, 4) is 0 Å². The first kappa shape index (κ1) is 18.6. The Morgan fingerprint density at radius 1 is 1.29 bits per heavy atom. The van der Waals surface area contributed by atoms with Gasteiger partial charge in [0.25, 0.3) is 0 Å². The molecule has 0 unspecified atom stereocenters. The lowest BCUT2D eigenvalue weighted by Gasteiger charge is -2.24. The summed E-state index contributed by atoms with van der Waals surface area (Å²) < 4.78 is 30.4. The van der Waals surface area contributed by atoms with Crippen LogP contribution in [0.2, 0.25) is 0 Å². The van der Waals surface area contributed by atoms with Crippen molar-refractivity contribution in [2.24, 2.45) is 5.92 Å². The van der Waals surface area contributed by atoms with E-state index < -0.39 is 21.5 Å². The number of nitrogens with zero attached hydrogens (tertiary/aromatic N) is 3. The summed E-state index contributed by atoms with van der Waals surface area (Å²) in [7, 11) is -3.57. The van der Waals surface area contributed by atoms with Gasteiger partial charge in [-0.25, -0.2) is 23.2 Å². The third kappa shape index (κ3) is 4.90. The Balaban J connectivity index is 2.03. The number of sulfone groups is 1. The molecule has 8 heteroatoms. The maximum Gasteiger partial charge on any atom is 0.410 e. The second-order valence-corrected chi connectivity index (χ2v) is 9.22. The SMILES string of the molecule is Cc1cc(C)nc(S(=O)(=O)C[C@@H]2CCN(C(=O)OC(C)(C)C)C2)n1. The first-order valence-electron chi connectivity index (χ1n) is 7.99. The average Bonchev–Trinajstić information content (AvgIpc) is 2.83. The number of aryl methyl sites for hydroxylation is 2. The van der Waals surface area contributed by atoms with Crippen LogP contribution in [0.5, 0.6) is 0 Å². The minimum atomic E-state index is -3.57. The van der Waals surface area contributed by atoms with E-state index in [9.17, 15) is 13.2 Å². The predicted octanol–water partition coefficient (Wildman–Crippen LogP) is 2.12. The molecular formula is C16H25N3O4S. The van der Waals surface area contributed by atoms with Crippen LogP contribution < -0.4 is 0 Å². The van der Waals surface area contributed by atoms with E-state index in [1.165, 1.54) is 0 Å². The Morgan fingerprint density at radius 3 is 2.42 bits per heavy atom. The predicted molar refractivity (Wildman–Crippen MR) is 89.5 cm³/mol. The molecule has 24 heavy (non-hydrogen) atoms. The molecule has 2 rings (SSSR count). The first-order chi connectivity index (χ1) is 11.0. The number of hydrogen-bond acceptors (Lipinski definition) is 6. The summed E-state index contributed by atoms with van der Waals surface area (Å²) >= 11 is 0. The highest BCUT2D eigenvalue weighted by Crippen LogP contribution is 2.22. The molecule has 1 amide bonds. The van der Waals surface area contributed by atoms with Crippen molar-refractivity contribution in [3.63, 3.8) is 0 Å². The van der Waals surface area contributed by atoms with E-state index in [2.05, 4.69) is 9.97 Å². The Morgan fingerprint density at radius 2 is 1.88 bits per heavy atom. The lowest BCUT2D eigenvalue weighted by molar-refractivity contribution is 0.0289. The van der Waals surface area contributed by atoms with Gasteiger partial charge in [0.15, 0.2) is 0 Å². The fourth-order valence-electron chi connectivity index (χ4n) is 2.68. The molecule has 1 aromatic rings. The third-order valence-electron chi connectivity index (χ3n) is 3.63. The molecular weight excluding hydrogens is 330 g/mol. The van der Waals surface area contributed by atoms with E-state index in [1.54, 1.807) is 45.6 Å². The van der Waals surface area contributed by atoms with Crippen LogP contribution in [-0.2, 0) is 14.6 Å². The summed E-state index contributed by atoms with van der Waals surface area (Å²) in [5.41, 5.74) is 0.694. The van der Waals surface area contributed by atoms with Crippen LogP contribution in [-0.4, -0.2) is 53.8 Å². The second-order valence-electron chi connectivity index (χ2n) is 7.30. The molecule has 0 saturated carbocycles. The van der Waals surface area contributed by atoms with Gasteiger partial charge >= 0.3 is 6.09 Å². The van der Waals surface area contributed by atoms with Crippen LogP contribution >= 0.6 is 0 Å². The first-order valence-corrected chi connectivity index (χ1v) is 9.64.